The van der Waals surface area contributed by atoms with Gasteiger partial charge in [-0.15, -0.1) is 0 Å². The zero-order valence-electron chi connectivity index (χ0n) is 9.43. The molecule has 0 heterocycles. The molecule has 16 heavy (non-hydrogen) atoms. The minimum atomic E-state index is -1.76. The summed E-state index contributed by atoms with van der Waals surface area (Å²) in [6.07, 6.45) is 0.549. The van der Waals surface area contributed by atoms with Crippen molar-refractivity contribution >= 4 is 11.1 Å². The molecule has 0 fully saturated rings. The van der Waals surface area contributed by atoms with Gasteiger partial charge in [-0.1, -0.05) is 6.07 Å². The third-order valence-corrected chi connectivity index (χ3v) is 2.65. The average Bonchev–Trinajstić information content (AvgIpc) is 2.27. The second kappa shape index (κ2) is 6.50. The third kappa shape index (κ3) is 3.83. The number of aryl methyl sites for hydroxylation is 1. The molecule has 1 atom stereocenters. The highest BCUT2D eigenvalue weighted by atomic mass is 32.2. The quantitative estimate of drug-likeness (QED) is 0.776. The number of hydrogen-bond donors (Lipinski definition) is 1. The summed E-state index contributed by atoms with van der Waals surface area (Å²) in [4.78, 5) is 0. The molecule has 0 radical (unpaired) electrons. The fourth-order valence-corrected chi connectivity index (χ4v) is 1.76. The van der Waals surface area contributed by atoms with E-state index in [-0.39, 0.29) is 5.75 Å². The second-order valence-corrected chi connectivity index (χ2v) is 4.25. The van der Waals surface area contributed by atoms with Crippen molar-refractivity contribution in [3.63, 3.8) is 0 Å². The summed E-state index contributed by atoms with van der Waals surface area (Å²) >= 11 is -1.76. The fraction of sp³-hybridized carbons (Fsp3) is 0.455. The molecule has 0 aliphatic rings. The van der Waals surface area contributed by atoms with Gasteiger partial charge in [0.05, 0.1) is 19.5 Å². The van der Waals surface area contributed by atoms with Gasteiger partial charge in [0, 0.05) is 0 Å². The Bertz CT molecular complexity index is 365. The Balaban J connectivity index is 2.79. The van der Waals surface area contributed by atoms with Gasteiger partial charge in [0.25, 0.3) is 0 Å². The van der Waals surface area contributed by atoms with E-state index in [4.69, 9.17) is 14.0 Å². The summed E-state index contributed by atoms with van der Waals surface area (Å²) < 4.78 is 29.8. The van der Waals surface area contributed by atoms with Crippen LogP contribution in [0.15, 0.2) is 18.2 Å². The number of benzene rings is 1. The molecule has 90 valence electrons. The van der Waals surface area contributed by atoms with Crippen LogP contribution in [0.5, 0.6) is 11.5 Å². The Labute approximate surface area is 97.9 Å². The van der Waals surface area contributed by atoms with E-state index in [2.05, 4.69) is 0 Å². The van der Waals surface area contributed by atoms with Crippen LogP contribution >= 0.6 is 0 Å². The molecule has 0 amide bonds. The molecule has 0 bridgehead atoms. The normalized spacial score (nSPS) is 12.2. The highest BCUT2D eigenvalue weighted by molar-refractivity contribution is 7.79. The molecule has 1 unspecified atom stereocenters. The number of ether oxygens (including phenoxy) is 2. The smallest absolute Gasteiger partial charge is 0.161 e. The molecule has 0 spiro atoms. The number of methoxy groups -OCH3 is 1. The number of rotatable bonds is 6. The predicted octanol–water partition coefficient (Wildman–Crippen LogP) is 1.86. The van der Waals surface area contributed by atoms with E-state index < -0.39 is 11.1 Å². The van der Waals surface area contributed by atoms with Gasteiger partial charge in [0.1, 0.15) is 0 Å². The van der Waals surface area contributed by atoms with E-state index in [1.54, 1.807) is 13.2 Å². The summed E-state index contributed by atoms with van der Waals surface area (Å²) in [6.45, 7) is 2.46. The zero-order valence-corrected chi connectivity index (χ0v) is 10.3. The van der Waals surface area contributed by atoms with Crippen LogP contribution in [0.3, 0.4) is 0 Å². The summed E-state index contributed by atoms with van der Waals surface area (Å²) in [6, 6.07) is 5.52. The minimum absolute atomic E-state index is 0.234. The van der Waals surface area contributed by atoms with Gasteiger partial charge in [0.2, 0.25) is 0 Å². The molecule has 0 aromatic heterocycles. The van der Waals surface area contributed by atoms with Crippen LogP contribution in [0.1, 0.15) is 12.5 Å². The van der Waals surface area contributed by atoms with Crippen LogP contribution in [0, 0.1) is 0 Å². The monoisotopic (exact) mass is 244 g/mol. The van der Waals surface area contributed by atoms with E-state index in [9.17, 15) is 4.21 Å². The highest BCUT2D eigenvalue weighted by Gasteiger charge is 2.05. The Morgan fingerprint density at radius 2 is 2.12 bits per heavy atom. The maximum atomic E-state index is 10.6. The van der Waals surface area contributed by atoms with Crippen LogP contribution in [0.25, 0.3) is 0 Å². The van der Waals surface area contributed by atoms with E-state index in [1.165, 1.54) is 0 Å². The SMILES string of the molecule is CCOc1cc(CCS(=O)O)ccc1OC. The first-order chi connectivity index (χ1) is 7.67. The molecule has 5 heteroatoms. The molecule has 1 aromatic carbocycles. The van der Waals surface area contributed by atoms with Gasteiger partial charge < -0.3 is 14.0 Å². The Hall–Kier alpha value is -1.07. The summed E-state index contributed by atoms with van der Waals surface area (Å²) in [5, 5.41) is 0. The standard InChI is InChI=1S/C11H16O4S/c1-3-15-11-8-9(6-7-16(12)13)4-5-10(11)14-2/h4-5,8H,3,6-7H2,1-2H3,(H,12,13). The number of hydrogen-bond acceptors (Lipinski definition) is 3. The molecular weight excluding hydrogens is 228 g/mol. The molecule has 0 aliphatic carbocycles. The molecule has 0 saturated heterocycles. The van der Waals surface area contributed by atoms with Gasteiger partial charge in [-0.25, -0.2) is 4.21 Å². The van der Waals surface area contributed by atoms with Crippen molar-refractivity contribution in [3.8, 4) is 11.5 Å². The minimum Gasteiger partial charge on any atom is -0.493 e. The topological polar surface area (TPSA) is 55.8 Å². The van der Waals surface area contributed by atoms with Crippen molar-refractivity contribution in [1.29, 1.82) is 0 Å². The van der Waals surface area contributed by atoms with E-state index in [1.807, 2.05) is 19.1 Å². The molecule has 1 N–H and O–H groups in total. The van der Waals surface area contributed by atoms with Crippen molar-refractivity contribution < 1.29 is 18.2 Å². The first-order valence-electron chi connectivity index (χ1n) is 5.04. The molecule has 4 nitrogen and oxygen atoms in total. The van der Waals surface area contributed by atoms with Crippen molar-refractivity contribution in [2.45, 2.75) is 13.3 Å². The molecule has 0 aliphatic heterocycles. The Kier molecular flexibility index (Phi) is 5.28. The van der Waals surface area contributed by atoms with E-state index >= 15 is 0 Å². The maximum Gasteiger partial charge on any atom is 0.161 e. The molecule has 0 saturated carbocycles. The maximum absolute atomic E-state index is 10.6. The first kappa shape index (κ1) is 13.0. The van der Waals surface area contributed by atoms with E-state index in [0.717, 1.165) is 5.56 Å². The van der Waals surface area contributed by atoms with Crippen LogP contribution < -0.4 is 9.47 Å². The fourth-order valence-electron chi connectivity index (χ4n) is 1.35. The van der Waals surface area contributed by atoms with Crippen LogP contribution in [0.2, 0.25) is 0 Å². The van der Waals surface area contributed by atoms with Crippen molar-refractivity contribution in [3.05, 3.63) is 23.8 Å². The molecule has 1 aromatic rings. The predicted molar refractivity (Wildman–Crippen MR) is 63.5 cm³/mol. The Morgan fingerprint density at radius 3 is 2.69 bits per heavy atom. The van der Waals surface area contributed by atoms with Gasteiger partial charge in [0.15, 0.2) is 22.6 Å². The summed E-state index contributed by atoms with van der Waals surface area (Å²) in [5.41, 5.74) is 0.964. The summed E-state index contributed by atoms with van der Waals surface area (Å²) in [5.74, 6) is 1.58. The van der Waals surface area contributed by atoms with Gasteiger partial charge in [-0.05, 0) is 31.0 Å². The lowest BCUT2D eigenvalue weighted by Crippen LogP contribution is -2.01. The Morgan fingerprint density at radius 1 is 1.38 bits per heavy atom. The third-order valence-electron chi connectivity index (χ3n) is 2.09. The van der Waals surface area contributed by atoms with Gasteiger partial charge >= 0.3 is 0 Å². The largest absolute Gasteiger partial charge is 0.493 e. The van der Waals surface area contributed by atoms with Crippen molar-refractivity contribution in [1.82, 2.24) is 0 Å². The first-order valence-corrected chi connectivity index (χ1v) is 6.32. The van der Waals surface area contributed by atoms with Crippen LogP contribution in [0.4, 0.5) is 0 Å². The van der Waals surface area contributed by atoms with Gasteiger partial charge in [-0.2, -0.15) is 0 Å². The van der Waals surface area contributed by atoms with Gasteiger partial charge in [-0.3, -0.25) is 0 Å². The molecule has 1 rings (SSSR count). The molecular formula is C11H16O4S. The van der Waals surface area contributed by atoms with Crippen molar-refractivity contribution in [2.75, 3.05) is 19.5 Å². The highest BCUT2D eigenvalue weighted by Crippen LogP contribution is 2.28. The van der Waals surface area contributed by atoms with Crippen molar-refractivity contribution in [2.24, 2.45) is 0 Å². The van der Waals surface area contributed by atoms with Crippen LogP contribution in [-0.2, 0) is 17.5 Å². The second-order valence-electron chi connectivity index (χ2n) is 3.19. The lowest BCUT2D eigenvalue weighted by Gasteiger charge is -2.10. The average molecular weight is 244 g/mol. The van der Waals surface area contributed by atoms with Crippen LogP contribution in [-0.4, -0.2) is 28.2 Å². The zero-order chi connectivity index (χ0) is 12.0. The summed E-state index contributed by atoms with van der Waals surface area (Å²) in [7, 11) is 1.58. The van der Waals surface area contributed by atoms with E-state index in [0.29, 0.717) is 24.5 Å². The lowest BCUT2D eigenvalue weighted by molar-refractivity contribution is 0.310. The lowest BCUT2D eigenvalue weighted by atomic mass is 10.1.